The minimum atomic E-state index is 0.873. The van der Waals surface area contributed by atoms with Crippen LogP contribution in [0.2, 0.25) is 0 Å². The van der Waals surface area contributed by atoms with E-state index in [2.05, 4.69) is 44.5 Å². The Labute approximate surface area is 165 Å². The SMILES string of the molecule is CCCCCCc1ccc(N([C]=O)c2ccc(CCCCCC)cc2)cc1. The largest absolute Gasteiger partial charge is 0.321 e. The molecule has 0 atom stereocenters. The predicted octanol–water partition coefficient (Wildman–Crippen LogP) is 7.14. The molecule has 0 saturated heterocycles. The van der Waals surface area contributed by atoms with Crippen LogP contribution >= 0.6 is 0 Å². The number of benzene rings is 2. The van der Waals surface area contributed by atoms with Gasteiger partial charge in [0.25, 0.3) is 0 Å². The summed E-state index contributed by atoms with van der Waals surface area (Å²) >= 11 is 0. The molecule has 0 aliphatic rings. The van der Waals surface area contributed by atoms with Crippen molar-refractivity contribution in [1.82, 2.24) is 0 Å². The molecule has 0 spiro atoms. The van der Waals surface area contributed by atoms with Gasteiger partial charge in [-0.3, -0.25) is 9.69 Å². The molecule has 2 rings (SSSR count). The summed E-state index contributed by atoms with van der Waals surface area (Å²) in [5, 5.41) is 0. The second-order valence-corrected chi connectivity index (χ2v) is 7.38. The maximum atomic E-state index is 11.6. The molecule has 0 fully saturated rings. The van der Waals surface area contributed by atoms with Gasteiger partial charge in [0.1, 0.15) is 0 Å². The van der Waals surface area contributed by atoms with Gasteiger partial charge in [0, 0.05) is 11.4 Å². The number of carbonyl (C=O) groups excluding carboxylic acids is 1. The van der Waals surface area contributed by atoms with Crippen LogP contribution < -0.4 is 4.90 Å². The van der Waals surface area contributed by atoms with Gasteiger partial charge in [0.05, 0.1) is 0 Å². The van der Waals surface area contributed by atoms with E-state index in [1.807, 2.05) is 24.3 Å². The Hall–Kier alpha value is -2.09. The summed E-state index contributed by atoms with van der Waals surface area (Å²) in [5.74, 6) is 0. The summed E-state index contributed by atoms with van der Waals surface area (Å²) in [6.45, 7) is 4.47. The topological polar surface area (TPSA) is 20.3 Å². The van der Waals surface area contributed by atoms with E-state index in [-0.39, 0.29) is 0 Å². The highest BCUT2D eigenvalue weighted by Gasteiger charge is 2.09. The van der Waals surface area contributed by atoms with Gasteiger partial charge in [-0.05, 0) is 61.1 Å². The predicted molar refractivity (Wildman–Crippen MR) is 116 cm³/mol. The van der Waals surface area contributed by atoms with Crippen LogP contribution in [0, 0.1) is 0 Å². The number of amides is 1. The molecule has 145 valence electrons. The third kappa shape index (κ3) is 7.21. The molecule has 0 aliphatic heterocycles. The van der Waals surface area contributed by atoms with E-state index in [0.717, 1.165) is 24.2 Å². The lowest BCUT2D eigenvalue weighted by Crippen LogP contribution is -2.13. The first kappa shape index (κ1) is 21.2. The summed E-state index contributed by atoms with van der Waals surface area (Å²) in [4.78, 5) is 13.2. The van der Waals surface area contributed by atoms with Crippen molar-refractivity contribution in [3.8, 4) is 0 Å². The fourth-order valence-electron chi connectivity index (χ4n) is 3.39. The Morgan fingerprint density at radius 1 is 0.630 bits per heavy atom. The second kappa shape index (κ2) is 12.3. The molecule has 2 aromatic carbocycles. The van der Waals surface area contributed by atoms with Crippen molar-refractivity contribution in [2.45, 2.75) is 78.1 Å². The van der Waals surface area contributed by atoms with Crippen LogP contribution in [0.1, 0.15) is 76.3 Å². The number of aryl methyl sites for hydroxylation is 2. The zero-order valence-electron chi connectivity index (χ0n) is 17.0. The Morgan fingerprint density at radius 2 is 1.04 bits per heavy atom. The molecule has 0 aromatic heterocycles. The highest BCUT2D eigenvalue weighted by molar-refractivity contribution is 5.86. The first-order chi connectivity index (χ1) is 13.3. The number of anilines is 2. The summed E-state index contributed by atoms with van der Waals surface area (Å²) in [6.07, 6.45) is 14.5. The number of unbranched alkanes of at least 4 members (excludes halogenated alkanes) is 6. The van der Waals surface area contributed by atoms with Gasteiger partial charge in [-0.1, -0.05) is 76.6 Å². The Bertz CT molecular complexity index is 590. The zero-order valence-corrected chi connectivity index (χ0v) is 17.0. The van der Waals surface area contributed by atoms with E-state index in [4.69, 9.17) is 0 Å². The molecule has 1 radical (unpaired) electrons. The molecule has 0 saturated carbocycles. The van der Waals surface area contributed by atoms with Gasteiger partial charge in [0.15, 0.2) is 0 Å². The minimum absolute atomic E-state index is 0.873. The smallest absolute Gasteiger partial charge is 0.273 e. The monoisotopic (exact) mass is 364 g/mol. The number of nitrogens with zero attached hydrogens (tertiary/aromatic N) is 1. The first-order valence-corrected chi connectivity index (χ1v) is 10.6. The summed E-state index contributed by atoms with van der Waals surface area (Å²) in [7, 11) is 0. The fourth-order valence-corrected chi connectivity index (χ4v) is 3.39. The molecular weight excluding hydrogens is 330 g/mol. The van der Waals surface area contributed by atoms with Crippen LogP contribution in [-0.2, 0) is 17.6 Å². The van der Waals surface area contributed by atoms with Crippen molar-refractivity contribution >= 4 is 17.8 Å². The van der Waals surface area contributed by atoms with Crippen LogP contribution in [0.4, 0.5) is 11.4 Å². The van der Waals surface area contributed by atoms with E-state index in [0.29, 0.717) is 0 Å². The maximum absolute atomic E-state index is 11.6. The quantitative estimate of drug-likeness (QED) is 0.273. The van der Waals surface area contributed by atoms with Gasteiger partial charge < -0.3 is 0 Å². The highest BCUT2D eigenvalue weighted by Crippen LogP contribution is 2.25. The zero-order chi connectivity index (χ0) is 19.3. The Kier molecular flexibility index (Phi) is 9.68. The first-order valence-electron chi connectivity index (χ1n) is 10.6. The van der Waals surface area contributed by atoms with Crippen molar-refractivity contribution in [1.29, 1.82) is 0 Å². The van der Waals surface area contributed by atoms with Gasteiger partial charge in [-0.2, -0.15) is 0 Å². The molecule has 27 heavy (non-hydrogen) atoms. The summed E-state index contributed by atoms with van der Waals surface area (Å²) in [6, 6.07) is 16.6. The van der Waals surface area contributed by atoms with E-state index in [1.54, 1.807) is 4.90 Å². The number of rotatable bonds is 13. The minimum Gasteiger partial charge on any atom is -0.273 e. The standard InChI is InChI=1S/C25H34NO/c1-3-5-7-9-11-22-13-17-24(18-14-22)26(21-27)25-19-15-23(16-20-25)12-10-8-6-4-2/h13-20H,3-12H2,1-2H3. The average molecular weight is 365 g/mol. The third-order valence-corrected chi connectivity index (χ3v) is 5.12. The third-order valence-electron chi connectivity index (χ3n) is 5.12. The lowest BCUT2D eigenvalue weighted by Gasteiger charge is -2.17. The van der Waals surface area contributed by atoms with Crippen molar-refractivity contribution in [3.05, 3.63) is 59.7 Å². The van der Waals surface area contributed by atoms with Crippen molar-refractivity contribution in [2.75, 3.05) is 4.90 Å². The van der Waals surface area contributed by atoms with Crippen LogP contribution in [0.25, 0.3) is 0 Å². The molecular formula is C25H34NO. The number of hydrogen-bond acceptors (Lipinski definition) is 1. The van der Waals surface area contributed by atoms with Gasteiger partial charge in [-0.15, -0.1) is 0 Å². The van der Waals surface area contributed by atoms with E-state index >= 15 is 0 Å². The molecule has 0 aliphatic carbocycles. The van der Waals surface area contributed by atoms with E-state index in [1.165, 1.54) is 62.5 Å². The molecule has 0 N–H and O–H groups in total. The molecule has 1 amide bonds. The van der Waals surface area contributed by atoms with Crippen LogP contribution in [-0.4, -0.2) is 6.41 Å². The van der Waals surface area contributed by atoms with Crippen LogP contribution in [0.15, 0.2) is 48.5 Å². The Morgan fingerprint density at radius 3 is 1.37 bits per heavy atom. The van der Waals surface area contributed by atoms with Crippen LogP contribution in [0.3, 0.4) is 0 Å². The molecule has 0 heterocycles. The van der Waals surface area contributed by atoms with Gasteiger partial charge in [-0.25, -0.2) is 0 Å². The maximum Gasteiger partial charge on any atom is 0.321 e. The summed E-state index contributed by atoms with van der Waals surface area (Å²) < 4.78 is 0. The van der Waals surface area contributed by atoms with Gasteiger partial charge in [0.2, 0.25) is 0 Å². The summed E-state index contributed by atoms with van der Waals surface area (Å²) in [5.41, 5.74) is 4.42. The highest BCUT2D eigenvalue weighted by atomic mass is 16.1. The van der Waals surface area contributed by atoms with Crippen molar-refractivity contribution in [2.24, 2.45) is 0 Å². The van der Waals surface area contributed by atoms with Crippen molar-refractivity contribution in [3.63, 3.8) is 0 Å². The normalized spacial score (nSPS) is 10.7. The van der Waals surface area contributed by atoms with Crippen molar-refractivity contribution < 1.29 is 4.79 Å². The van der Waals surface area contributed by atoms with E-state index in [9.17, 15) is 4.79 Å². The molecule has 0 unspecified atom stereocenters. The fraction of sp³-hybridized carbons (Fsp3) is 0.480. The molecule has 2 nitrogen and oxygen atoms in total. The lowest BCUT2D eigenvalue weighted by atomic mass is 10.0. The lowest BCUT2D eigenvalue weighted by molar-refractivity contribution is 0.556. The average Bonchev–Trinajstić information content (AvgIpc) is 2.71. The Balaban J connectivity index is 1.94. The second-order valence-electron chi connectivity index (χ2n) is 7.38. The molecule has 2 heteroatoms. The van der Waals surface area contributed by atoms with Gasteiger partial charge >= 0.3 is 6.41 Å². The molecule has 0 bridgehead atoms. The van der Waals surface area contributed by atoms with Crippen LogP contribution in [0.5, 0.6) is 0 Å². The number of hydrogen-bond donors (Lipinski definition) is 0. The molecule has 2 aromatic rings. The van der Waals surface area contributed by atoms with E-state index < -0.39 is 0 Å².